The molecule has 0 amide bonds. The molecule has 0 radical (unpaired) electrons. The normalized spacial score (nSPS) is 11.7. The fourth-order valence-corrected chi connectivity index (χ4v) is 1.07. The van der Waals surface area contributed by atoms with E-state index in [0.29, 0.717) is 5.56 Å². The van der Waals surface area contributed by atoms with Crippen molar-refractivity contribution >= 4 is 12.4 Å². The van der Waals surface area contributed by atoms with Crippen LogP contribution in [0.4, 0.5) is 8.78 Å². The highest BCUT2D eigenvalue weighted by Crippen LogP contribution is 2.24. The monoisotopic (exact) mass is 223 g/mol. The number of nitrogens with two attached hydrogens (primary N) is 1. The van der Waals surface area contributed by atoms with Gasteiger partial charge in [0.2, 0.25) is 0 Å². The minimum atomic E-state index is -0.754. The van der Waals surface area contributed by atoms with Gasteiger partial charge in [-0.05, 0) is 6.07 Å². The van der Waals surface area contributed by atoms with Gasteiger partial charge >= 0.3 is 0 Å². The fraction of sp³-hybridized carbons (Fsp3) is 0.333. The first kappa shape index (κ1) is 13.1. The average Bonchev–Trinajstić information content (AvgIpc) is 2.16. The summed E-state index contributed by atoms with van der Waals surface area (Å²) in [6.45, 7) is -0.692. The molecule has 14 heavy (non-hydrogen) atoms. The molecule has 0 aliphatic heterocycles. The lowest BCUT2D eigenvalue weighted by Gasteiger charge is -2.12. The number of hydrogen-bond donors (Lipinski definition) is 1. The summed E-state index contributed by atoms with van der Waals surface area (Å²) in [5.41, 5.74) is 5.92. The second kappa shape index (κ2) is 5.78. The topological polar surface area (TPSA) is 35.2 Å². The SMILES string of the molecule is COc1cc(F)ccc1[C@@H](N)CF.Cl. The van der Waals surface area contributed by atoms with Gasteiger partial charge in [-0.3, -0.25) is 0 Å². The maximum atomic E-state index is 12.7. The minimum Gasteiger partial charge on any atom is -0.496 e. The number of hydrogen-bond acceptors (Lipinski definition) is 2. The number of alkyl halides is 1. The van der Waals surface area contributed by atoms with Crippen LogP contribution in [-0.4, -0.2) is 13.8 Å². The molecular formula is C9H12ClF2NO. The van der Waals surface area contributed by atoms with E-state index >= 15 is 0 Å². The Morgan fingerprint density at radius 2 is 2.14 bits per heavy atom. The maximum absolute atomic E-state index is 12.7. The van der Waals surface area contributed by atoms with Gasteiger partial charge in [-0.1, -0.05) is 6.07 Å². The lowest BCUT2D eigenvalue weighted by Crippen LogP contribution is -2.13. The van der Waals surface area contributed by atoms with Gasteiger partial charge in [0.05, 0.1) is 13.2 Å². The van der Waals surface area contributed by atoms with Crippen LogP contribution in [0.5, 0.6) is 5.75 Å². The summed E-state index contributed by atoms with van der Waals surface area (Å²) >= 11 is 0. The zero-order valence-corrected chi connectivity index (χ0v) is 8.48. The first-order valence-electron chi connectivity index (χ1n) is 3.84. The molecule has 0 saturated heterocycles. The van der Waals surface area contributed by atoms with Gasteiger partial charge in [0, 0.05) is 11.6 Å². The molecule has 1 aromatic carbocycles. The highest BCUT2D eigenvalue weighted by molar-refractivity contribution is 5.85. The predicted molar refractivity (Wildman–Crippen MR) is 53.1 cm³/mol. The number of benzene rings is 1. The van der Waals surface area contributed by atoms with Crippen molar-refractivity contribution in [2.24, 2.45) is 5.73 Å². The molecule has 0 unspecified atom stereocenters. The average molecular weight is 224 g/mol. The third kappa shape index (κ3) is 2.82. The molecule has 2 nitrogen and oxygen atoms in total. The molecule has 1 aromatic rings. The van der Waals surface area contributed by atoms with Crippen LogP contribution in [0.3, 0.4) is 0 Å². The Hall–Kier alpha value is -0.870. The Morgan fingerprint density at radius 1 is 1.50 bits per heavy atom. The Balaban J connectivity index is 0.00000169. The van der Waals surface area contributed by atoms with Gasteiger partial charge in [-0.15, -0.1) is 12.4 Å². The van der Waals surface area contributed by atoms with Crippen LogP contribution < -0.4 is 10.5 Å². The van der Waals surface area contributed by atoms with Crippen LogP contribution in [0.2, 0.25) is 0 Å². The molecule has 1 atom stereocenters. The smallest absolute Gasteiger partial charge is 0.126 e. The Kier molecular flexibility index (Phi) is 5.42. The molecule has 0 aliphatic rings. The second-order valence-electron chi connectivity index (χ2n) is 2.65. The lowest BCUT2D eigenvalue weighted by atomic mass is 10.1. The summed E-state index contributed by atoms with van der Waals surface area (Å²) < 4.78 is 29.8. The van der Waals surface area contributed by atoms with E-state index in [-0.39, 0.29) is 18.2 Å². The van der Waals surface area contributed by atoms with E-state index in [1.54, 1.807) is 0 Å². The molecule has 0 heterocycles. The van der Waals surface area contributed by atoms with E-state index in [2.05, 4.69) is 0 Å². The van der Waals surface area contributed by atoms with Crippen LogP contribution >= 0.6 is 12.4 Å². The highest BCUT2D eigenvalue weighted by atomic mass is 35.5. The minimum absolute atomic E-state index is 0. The van der Waals surface area contributed by atoms with E-state index in [0.717, 1.165) is 0 Å². The Labute approximate surface area is 87.5 Å². The largest absolute Gasteiger partial charge is 0.496 e. The first-order chi connectivity index (χ1) is 6.19. The zero-order valence-electron chi connectivity index (χ0n) is 7.67. The van der Waals surface area contributed by atoms with Crippen LogP contribution in [0.15, 0.2) is 18.2 Å². The van der Waals surface area contributed by atoms with Crippen molar-refractivity contribution in [2.75, 3.05) is 13.8 Å². The number of halogens is 3. The lowest BCUT2D eigenvalue weighted by molar-refractivity contribution is 0.386. The van der Waals surface area contributed by atoms with E-state index < -0.39 is 18.5 Å². The van der Waals surface area contributed by atoms with E-state index in [4.69, 9.17) is 10.5 Å². The third-order valence-corrected chi connectivity index (χ3v) is 1.76. The molecule has 5 heteroatoms. The van der Waals surface area contributed by atoms with Crippen molar-refractivity contribution in [1.29, 1.82) is 0 Å². The van der Waals surface area contributed by atoms with Crippen molar-refractivity contribution in [1.82, 2.24) is 0 Å². The summed E-state index contributed by atoms with van der Waals surface area (Å²) in [5.74, 6) is -0.142. The van der Waals surface area contributed by atoms with E-state index in [1.165, 1.54) is 25.3 Å². The highest BCUT2D eigenvalue weighted by Gasteiger charge is 2.11. The number of rotatable bonds is 3. The standard InChI is InChI=1S/C9H11F2NO.ClH/c1-13-9-4-6(11)2-3-7(9)8(12)5-10;/h2-4,8H,5,12H2,1H3;1H/t8-;/m0./s1. The summed E-state index contributed by atoms with van der Waals surface area (Å²) in [4.78, 5) is 0. The molecular weight excluding hydrogens is 212 g/mol. The molecule has 2 N–H and O–H groups in total. The van der Waals surface area contributed by atoms with Gasteiger partial charge in [0.15, 0.2) is 0 Å². The molecule has 0 fully saturated rings. The Bertz CT molecular complexity index is 296. The van der Waals surface area contributed by atoms with Crippen molar-refractivity contribution in [3.05, 3.63) is 29.6 Å². The van der Waals surface area contributed by atoms with Gasteiger partial charge < -0.3 is 10.5 Å². The second-order valence-corrected chi connectivity index (χ2v) is 2.65. The third-order valence-electron chi connectivity index (χ3n) is 1.76. The van der Waals surface area contributed by atoms with Gasteiger partial charge in [-0.25, -0.2) is 8.78 Å². The van der Waals surface area contributed by atoms with Crippen molar-refractivity contribution in [3.8, 4) is 5.75 Å². The molecule has 1 rings (SSSR count). The van der Waals surface area contributed by atoms with Gasteiger partial charge in [0.1, 0.15) is 18.2 Å². The quantitative estimate of drug-likeness (QED) is 0.853. The zero-order chi connectivity index (χ0) is 9.84. The molecule has 0 saturated carbocycles. The van der Waals surface area contributed by atoms with E-state index in [9.17, 15) is 8.78 Å². The first-order valence-corrected chi connectivity index (χ1v) is 3.84. The van der Waals surface area contributed by atoms with Crippen LogP contribution in [-0.2, 0) is 0 Å². The summed E-state index contributed by atoms with van der Waals surface area (Å²) in [7, 11) is 1.39. The van der Waals surface area contributed by atoms with Crippen molar-refractivity contribution in [2.45, 2.75) is 6.04 Å². The maximum Gasteiger partial charge on any atom is 0.126 e. The molecule has 0 aliphatic carbocycles. The summed E-state index contributed by atoms with van der Waals surface area (Å²) in [6, 6.07) is 3.09. The van der Waals surface area contributed by atoms with Crippen LogP contribution in [0.25, 0.3) is 0 Å². The molecule has 0 aromatic heterocycles. The molecule has 0 bridgehead atoms. The van der Waals surface area contributed by atoms with Crippen molar-refractivity contribution < 1.29 is 13.5 Å². The Morgan fingerprint density at radius 3 is 2.64 bits per heavy atom. The van der Waals surface area contributed by atoms with Crippen LogP contribution in [0.1, 0.15) is 11.6 Å². The summed E-state index contributed by atoms with van der Waals surface area (Å²) in [6.07, 6.45) is 0. The predicted octanol–water partition coefficient (Wildman–Crippen LogP) is 2.23. The fourth-order valence-electron chi connectivity index (χ4n) is 1.07. The van der Waals surface area contributed by atoms with Gasteiger partial charge in [-0.2, -0.15) is 0 Å². The van der Waals surface area contributed by atoms with E-state index in [1.807, 2.05) is 0 Å². The number of ether oxygens (including phenoxy) is 1. The van der Waals surface area contributed by atoms with Crippen molar-refractivity contribution in [3.63, 3.8) is 0 Å². The number of methoxy groups -OCH3 is 1. The van der Waals surface area contributed by atoms with Gasteiger partial charge in [0.25, 0.3) is 0 Å². The summed E-state index contributed by atoms with van der Waals surface area (Å²) in [5, 5.41) is 0. The molecule has 80 valence electrons. The molecule has 0 spiro atoms. The van der Waals surface area contributed by atoms with Crippen LogP contribution in [0, 0.1) is 5.82 Å².